The Morgan fingerprint density at radius 1 is 1.24 bits per heavy atom. The maximum atomic E-state index is 12.6. The van der Waals surface area contributed by atoms with Crippen LogP contribution in [0.25, 0.3) is 0 Å². The molecule has 3 rings (SSSR count). The van der Waals surface area contributed by atoms with Gasteiger partial charge in [-0.3, -0.25) is 9.59 Å². The van der Waals surface area contributed by atoms with Crippen LogP contribution in [0.3, 0.4) is 0 Å². The van der Waals surface area contributed by atoms with Gasteiger partial charge in [0.15, 0.2) is 0 Å². The zero-order valence-electron chi connectivity index (χ0n) is 15.0. The molecule has 2 aromatic rings. The number of carbonyl (C=O) groups excluding carboxylic acids is 2. The van der Waals surface area contributed by atoms with Gasteiger partial charge in [0, 0.05) is 30.6 Å². The molecule has 0 saturated carbocycles. The highest BCUT2D eigenvalue weighted by molar-refractivity contribution is 7.14. The van der Waals surface area contributed by atoms with Crippen molar-refractivity contribution in [2.45, 2.75) is 32.6 Å². The van der Waals surface area contributed by atoms with Crippen LogP contribution in [0, 0.1) is 5.92 Å². The average Bonchev–Trinajstić information content (AvgIpc) is 3.04. The summed E-state index contributed by atoms with van der Waals surface area (Å²) in [7, 11) is 3.53. The number of amides is 2. The van der Waals surface area contributed by atoms with Gasteiger partial charge in [-0.15, -0.1) is 11.3 Å². The Labute approximate surface area is 152 Å². The summed E-state index contributed by atoms with van der Waals surface area (Å²) in [6, 6.07) is 9.99. The summed E-state index contributed by atoms with van der Waals surface area (Å²) in [5, 5.41) is 3.03. The van der Waals surface area contributed by atoms with Crippen LogP contribution in [0.2, 0.25) is 0 Å². The Balaban J connectivity index is 1.67. The number of anilines is 1. The molecule has 0 fully saturated rings. The van der Waals surface area contributed by atoms with Gasteiger partial charge in [-0.25, -0.2) is 0 Å². The quantitative estimate of drug-likeness (QED) is 0.907. The third kappa shape index (κ3) is 3.93. The topological polar surface area (TPSA) is 49.4 Å². The first-order valence-corrected chi connectivity index (χ1v) is 9.52. The van der Waals surface area contributed by atoms with E-state index in [4.69, 9.17) is 0 Å². The molecule has 5 heteroatoms. The molecular formula is C20H24N2O2S. The van der Waals surface area contributed by atoms with Crippen molar-refractivity contribution in [3.8, 4) is 0 Å². The number of hydrogen-bond donors (Lipinski definition) is 1. The maximum Gasteiger partial charge on any atom is 0.263 e. The van der Waals surface area contributed by atoms with Crippen LogP contribution in [0.15, 0.2) is 30.3 Å². The minimum Gasteiger partial charge on any atom is -0.344 e. The third-order valence-electron chi connectivity index (χ3n) is 4.70. The van der Waals surface area contributed by atoms with Gasteiger partial charge in [0.05, 0.1) is 4.88 Å². The number of nitrogens with one attached hydrogen (secondary N) is 1. The molecule has 132 valence electrons. The molecule has 1 N–H and O–H groups in total. The van der Waals surface area contributed by atoms with E-state index in [-0.39, 0.29) is 17.7 Å². The number of benzene rings is 1. The third-order valence-corrected chi connectivity index (χ3v) is 5.93. The first-order chi connectivity index (χ1) is 12.0. The van der Waals surface area contributed by atoms with Gasteiger partial charge in [-0.2, -0.15) is 0 Å². The average molecular weight is 356 g/mol. The van der Waals surface area contributed by atoms with Gasteiger partial charge in [-0.1, -0.05) is 19.1 Å². The molecular weight excluding hydrogens is 332 g/mol. The molecule has 1 aromatic heterocycles. The van der Waals surface area contributed by atoms with E-state index < -0.39 is 0 Å². The fraction of sp³-hybridized carbons (Fsp3) is 0.400. The molecule has 1 aliphatic carbocycles. The van der Waals surface area contributed by atoms with Crippen LogP contribution in [0.1, 0.15) is 39.0 Å². The fourth-order valence-corrected chi connectivity index (χ4v) is 4.37. The molecule has 0 aliphatic heterocycles. The van der Waals surface area contributed by atoms with Gasteiger partial charge in [0.2, 0.25) is 5.91 Å². The van der Waals surface area contributed by atoms with E-state index in [0.29, 0.717) is 6.42 Å². The van der Waals surface area contributed by atoms with Crippen LogP contribution in [0.4, 0.5) is 5.69 Å². The number of nitrogens with zero attached hydrogens (tertiary/aromatic N) is 1. The SMILES string of the molecule is CCc1ccc(NC(=O)[C@H]2CCc3sc(C(=O)N(C)C)cc3C2)cc1. The van der Waals surface area contributed by atoms with E-state index in [0.717, 1.165) is 35.4 Å². The van der Waals surface area contributed by atoms with Crippen LogP contribution >= 0.6 is 11.3 Å². The molecule has 0 saturated heterocycles. The van der Waals surface area contributed by atoms with Crippen molar-refractivity contribution in [1.29, 1.82) is 0 Å². The molecule has 0 bridgehead atoms. The van der Waals surface area contributed by atoms with Crippen molar-refractivity contribution in [2.75, 3.05) is 19.4 Å². The fourth-order valence-electron chi connectivity index (χ4n) is 3.14. The van der Waals surface area contributed by atoms with E-state index in [2.05, 4.69) is 12.2 Å². The molecule has 0 radical (unpaired) electrons. The molecule has 25 heavy (non-hydrogen) atoms. The van der Waals surface area contributed by atoms with E-state index in [1.165, 1.54) is 10.4 Å². The molecule has 0 spiro atoms. The first kappa shape index (κ1) is 17.7. The Kier molecular flexibility index (Phi) is 5.23. The summed E-state index contributed by atoms with van der Waals surface area (Å²) in [4.78, 5) is 28.3. The number of hydrogen-bond acceptors (Lipinski definition) is 3. The van der Waals surface area contributed by atoms with Crippen molar-refractivity contribution >= 4 is 28.8 Å². The van der Waals surface area contributed by atoms with Crippen molar-refractivity contribution in [3.05, 3.63) is 51.2 Å². The highest BCUT2D eigenvalue weighted by Gasteiger charge is 2.27. The number of carbonyl (C=O) groups is 2. The van der Waals surface area contributed by atoms with Crippen molar-refractivity contribution in [3.63, 3.8) is 0 Å². The van der Waals surface area contributed by atoms with Crippen molar-refractivity contribution < 1.29 is 9.59 Å². The predicted octanol–water partition coefficient (Wildman–Crippen LogP) is 3.76. The van der Waals surface area contributed by atoms with Crippen LogP contribution < -0.4 is 5.32 Å². The lowest BCUT2D eigenvalue weighted by Gasteiger charge is -2.21. The Morgan fingerprint density at radius 3 is 2.60 bits per heavy atom. The zero-order valence-corrected chi connectivity index (χ0v) is 15.8. The molecule has 1 aliphatic rings. The summed E-state index contributed by atoms with van der Waals surface area (Å²) in [6.45, 7) is 2.11. The highest BCUT2D eigenvalue weighted by atomic mass is 32.1. The van der Waals surface area contributed by atoms with Gasteiger partial charge >= 0.3 is 0 Å². The normalized spacial score (nSPS) is 16.2. The second-order valence-corrected chi connectivity index (χ2v) is 7.87. The zero-order chi connectivity index (χ0) is 18.0. The number of aryl methyl sites for hydroxylation is 2. The number of fused-ring (bicyclic) bond motifs is 1. The lowest BCUT2D eigenvalue weighted by atomic mass is 9.87. The minimum absolute atomic E-state index is 0.0322. The van der Waals surface area contributed by atoms with E-state index in [9.17, 15) is 9.59 Å². The predicted molar refractivity (Wildman–Crippen MR) is 102 cm³/mol. The first-order valence-electron chi connectivity index (χ1n) is 8.71. The van der Waals surface area contributed by atoms with Gasteiger partial charge in [0.25, 0.3) is 5.91 Å². The molecule has 1 heterocycles. The monoisotopic (exact) mass is 356 g/mol. The summed E-state index contributed by atoms with van der Waals surface area (Å²) in [6.07, 6.45) is 3.41. The van der Waals surface area contributed by atoms with Gasteiger partial charge in [-0.05, 0) is 55.0 Å². The van der Waals surface area contributed by atoms with Crippen molar-refractivity contribution in [2.24, 2.45) is 5.92 Å². The molecule has 2 amide bonds. The molecule has 1 aromatic carbocycles. The summed E-state index contributed by atoms with van der Waals surface area (Å²) >= 11 is 1.57. The lowest BCUT2D eigenvalue weighted by molar-refractivity contribution is -0.120. The van der Waals surface area contributed by atoms with E-state index >= 15 is 0 Å². The van der Waals surface area contributed by atoms with Crippen LogP contribution in [-0.4, -0.2) is 30.8 Å². The number of thiophene rings is 1. The van der Waals surface area contributed by atoms with E-state index in [1.54, 1.807) is 30.3 Å². The molecule has 1 atom stereocenters. The second-order valence-electron chi connectivity index (χ2n) is 6.74. The lowest BCUT2D eigenvalue weighted by Crippen LogP contribution is -2.27. The van der Waals surface area contributed by atoms with Crippen LogP contribution in [-0.2, 0) is 24.1 Å². The summed E-state index contributed by atoms with van der Waals surface area (Å²) < 4.78 is 0. The summed E-state index contributed by atoms with van der Waals surface area (Å²) in [5.74, 6) is 0.0771. The highest BCUT2D eigenvalue weighted by Crippen LogP contribution is 2.33. The second kappa shape index (κ2) is 7.40. The molecule has 4 nitrogen and oxygen atoms in total. The van der Waals surface area contributed by atoms with Crippen LogP contribution in [0.5, 0.6) is 0 Å². The standard InChI is InChI=1S/C20H24N2O2S/c1-4-13-5-8-16(9-6-13)21-19(23)14-7-10-17-15(11-14)12-18(25-17)20(24)22(2)3/h5-6,8-9,12,14H,4,7,10-11H2,1-3H3,(H,21,23)/t14-/m0/s1. The Bertz CT molecular complexity index is 777. The summed E-state index contributed by atoms with van der Waals surface area (Å²) in [5.41, 5.74) is 3.27. The van der Waals surface area contributed by atoms with Gasteiger partial charge in [0.1, 0.15) is 0 Å². The minimum atomic E-state index is -0.0322. The van der Waals surface area contributed by atoms with Crippen molar-refractivity contribution in [1.82, 2.24) is 4.90 Å². The van der Waals surface area contributed by atoms with Gasteiger partial charge < -0.3 is 10.2 Å². The Hall–Kier alpha value is -2.14. The maximum absolute atomic E-state index is 12.6. The smallest absolute Gasteiger partial charge is 0.263 e. The Morgan fingerprint density at radius 2 is 1.96 bits per heavy atom. The molecule has 0 unspecified atom stereocenters. The van der Waals surface area contributed by atoms with E-state index in [1.807, 2.05) is 30.3 Å². The largest absolute Gasteiger partial charge is 0.344 e. The number of rotatable bonds is 4.